The minimum atomic E-state index is -0.752. The second-order valence-corrected chi connectivity index (χ2v) is 5.56. The van der Waals surface area contributed by atoms with Gasteiger partial charge in [0.15, 0.2) is 0 Å². The van der Waals surface area contributed by atoms with Crippen LogP contribution in [0.2, 0.25) is 0 Å². The minimum Gasteiger partial charge on any atom is -0.274 e. The van der Waals surface area contributed by atoms with E-state index in [1.807, 2.05) is 13.8 Å². The van der Waals surface area contributed by atoms with Crippen molar-refractivity contribution in [3.05, 3.63) is 29.6 Å². The van der Waals surface area contributed by atoms with Crippen LogP contribution in [0.3, 0.4) is 0 Å². The van der Waals surface area contributed by atoms with Gasteiger partial charge < -0.3 is 0 Å². The van der Waals surface area contributed by atoms with Crippen LogP contribution in [0.15, 0.2) is 18.2 Å². The van der Waals surface area contributed by atoms with Crippen LogP contribution in [-0.2, 0) is 9.59 Å². The maximum absolute atomic E-state index is 13.3. The van der Waals surface area contributed by atoms with Crippen LogP contribution in [0.1, 0.15) is 32.8 Å². The van der Waals surface area contributed by atoms with E-state index in [4.69, 9.17) is 5.26 Å². The predicted octanol–water partition coefficient (Wildman–Crippen LogP) is 2.62. The second kappa shape index (κ2) is 4.71. The van der Waals surface area contributed by atoms with E-state index in [0.717, 1.165) is 11.0 Å². The number of amides is 2. The van der Waals surface area contributed by atoms with E-state index in [2.05, 4.69) is 0 Å². The highest BCUT2D eigenvalue weighted by Crippen LogP contribution is 2.41. The van der Waals surface area contributed by atoms with Gasteiger partial charge in [-0.15, -0.1) is 0 Å². The van der Waals surface area contributed by atoms with Gasteiger partial charge in [0.05, 0.1) is 16.7 Å². The first kappa shape index (κ1) is 14.2. The van der Waals surface area contributed by atoms with Crippen molar-refractivity contribution >= 4 is 17.5 Å². The van der Waals surface area contributed by atoms with Crippen LogP contribution in [-0.4, -0.2) is 11.8 Å². The fourth-order valence-electron chi connectivity index (χ4n) is 2.29. The third-order valence-electron chi connectivity index (χ3n) is 4.06. The minimum absolute atomic E-state index is 0.0137. The fraction of sp³-hybridized carbons (Fsp3) is 0.400. The number of anilines is 1. The molecule has 2 rings (SSSR count). The summed E-state index contributed by atoms with van der Waals surface area (Å²) in [6.07, 6.45) is 0.128. The number of hydrogen-bond acceptors (Lipinski definition) is 3. The van der Waals surface area contributed by atoms with E-state index in [-0.39, 0.29) is 35.4 Å². The van der Waals surface area contributed by atoms with Crippen LogP contribution in [0, 0.1) is 28.5 Å². The molecule has 1 unspecified atom stereocenters. The number of benzene rings is 1. The zero-order chi connectivity index (χ0) is 15.1. The molecular weight excluding hydrogens is 259 g/mol. The Kier molecular flexibility index (Phi) is 3.34. The van der Waals surface area contributed by atoms with Crippen LogP contribution in [0.4, 0.5) is 10.1 Å². The van der Waals surface area contributed by atoms with Crippen molar-refractivity contribution in [3.63, 3.8) is 0 Å². The molecule has 2 amide bonds. The van der Waals surface area contributed by atoms with E-state index in [0.29, 0.717) is 0 Å². The van der Waals surface area contributed by atoms with Gasteiger partial charge in [0.25, 0.3) is 0 Å². The number of rotatable bonds is 2. The molecule has 1 heterocycles. The summed E-state index contributed by atoms with van der Waals surface area (Å²) in [5.74, 6) is -1.27. The molecule has 4 nitrogen and oxygen atoms in total. The SMILES string of the molecule is CC(C)C1(C)CC(=O)N(c2ccc(F)c(C#N)c2)C1=O. The topological polar surface area (TPSA) is 61.2 Å². The van der Waals surface area contributed by atoms with Crippen LogP contribution >= 0.6 is 0 Å². The number of halogens is 1. The molecule has 20 heavy (non-hydrogen) atoms. The van der Waals surface area contributed by atoms with Gasteiger partial charge in [-0.25, -0.2) is 4.39 Å². The predicted molar refractivity (Wildman–Crippen MR) is 71.2 cm³/mol. The van der Waals surface area contributed by atoms with Crippen molar-refractivity contribution in [2.45, 2.75) is 27.2 Å². The molecule has 0 saturated carbocycles. The van der Waals surface area contributed by atoms with Gasteiger partial charge in [0.1, 0.15) is 11.9 Å². The summed E-state index contributed by atoms with van der Waals surface area (Å²) in [4.78, 5) is 25.7. The molecule has 1 atom stereocenters. The van der Waals surface area contributed by atoms with Crippen LogP contribution in [0.5, 0.6) is 0 Å². The summed E-state index contributed by atoms with van der Waals surface area (Å²) in [6, 6.07) is 5.38. The molecule has 1 aliphatic rings. The van der Waals surface area contributed by atoms with Crippen molar-refractivity contribution in [2.24, 2.45) is 11.3 Å². The molecule has 1 aromatic rings. The Bertz CT molecular complexity index is 633. The Hall–Kier alpha value is -2.22. The average molecular weight is 274 g/mol. The maximum Gasteiger partial charge on any atom is 0.240 e. The number of hydrogen-bond donors (Lipinski definition) is 0. The zero-order valence-electron chi connectivity index (χ0n) is 11.6. The first-order valence-electron chi connectivity index (χ1n) is 6.38. The Morgan fingerprint density at radius 3 is 2.55 bits per heavy atom. The average Bonchev–Trinajstić information content (AvgIpc) is 2.62. The highest BCUT2D eigenvalue weighted by atomic mass is 19.1. The third-order valence-corrected chi connectivity index (χ3v) is 4.06. The van der Waals surface area contributed by atoms with Crippen molar-refractivity contribution in [3.8, 4) is 6.07 Å². The number of nitrogens with zero attached hydrogens (tertiary/aromatic N) is 2. The number of carbonyl (C=O) groups is 2. The van der Waals surface area contributed by atoms with E-state index in [1.54, 1.807) is 13.0 Å². The first-order chi connectivity index (χ1) is 9.31. The maximum atomic E-state index is 13.3. The largest absolute Gasteiger partial charge is 0.274 e. The first-order valence-corrected chi connectivity index (χ1v) is 6.38. The Balaban J connectivity index is 2.47. The van der Waals surface area contributed by atoms with Gasteiger partial charge >= 0.3 is 0 Å². The van der Waals surface area contributed by atoms with Crippen molar-refractivity contribution in [2.75, 3.05) is 4.90 Å². The summed E-state index contributed by atoms with van der Waals surface area (Å²) >= 11 is 0. The monoisotopic (exact) mass is 274 g/mol. The van der Waals surface area contributed by atoms with Gasteiger partial charge in [-0.1, -0.05) is 13.8 Å². The van der Waals surface area contributed by atoms with Gasteiger partial charge in [0.2, 0.25) is 11.8 Å². The van der Waals surface area contributed by atoms with Gasteiger partial charge in [0, 0.05) is 6.42 Å². The smallest absolute Gasteiger partial charge is 0.240 e. The molecule has 1 aliphatic heterocycles. The van der Waals surface area contributed by atoms with E-state index in [1.165, 1.54) is 12.1 Å². The van der Waals surface area contributed by atoms with E-state index < -0.39 is 11.2 Å². The van der Waals surface area contributed by atoms with Crippen molar-refractivity contribution in [1.29, 1.82) is 5.26 Å². The normalized spacial score (nSPS) is 22.5. The zero-order valence-corrected chi connectivity index (χ0v) is 11.6. The molecule has 1 aromatic carbocycles. The summed E-state index contributed by atoms with van der Waals surface area (Å²) in [5, 5.41) is 8.83. The lowest BCUT2D eigenvalue weighted by atomic mass is 9.78. The lowest BCUT2D eigenvalue weighted by Gasteiger charge is -2.26. The molecule has 0 spiro atoms. The molecule has 0 aliphatic carbocycles. The molecule has 0 radical (unpaired) electrons. The molecule has 1 fully saturated rings. The molecule has 0 N–H and O–H groups in total. The van der Waals surface area contributed by atoms with Gasteiger partial charge in [-0.05, 0) is 31.0 Å². The molecule has 0 aromatic heterocycles. The quantitative estimate of drug-likeness (QED) is 0.779. The molecule has 1 saturated heterocycles. The summed E-state index contributed by atoms with van der Waals surface area (Å²) in [5.41, 5.74) is -0.679. The fourth-order valence-corrected chi connectivity index (χ4v) is 2.29. The van der Waals surface area contributed by atoms with E-state index >= 15 is 0 Å². The van der Waals surface area contributed by atoms with Crippen molar-refractivity contribution < 1.29 is 14.0 Å². The summed E-state index contributed by atoms with van der Waals surface area (Å²) in [7, 11) is 0. The molecular formula is C15H15FN2O2. The lowest BCUT2D eigenvalue weighted by Crippen LogP contribution is -2.36. The molecule has 104 valence electrons. The molecule has 5 heteroatoms. The third kappa shape index (κ3) is 1.97. The van der Waals surface area contributed by atoms with Gasteiger partial charge in [-0.2, -0.15) is 5.26 Å². The van der Waals surface area contributed by atoms with Crippen LogP contribution < -0.4 is 4.90 Å². The van der Waals surface area contributed by atoms with Crippen LogP contribution in [0.25, 0.3) is 0 Å². The highest BCUT2D eigenvalue weighted by molar-refractivity contribution is 6.22. The Morgan fingerprint density at radius 2 is 2.05 bits per heavy atom. The summed E-state index contributed by atoms with van der Waals surface area (Å²) in [6.45, 7) is 5.53. The van der Waals surface area contributed by atoms with Crippen molar-refractivity contribution in [1.82, 2.24) is 0 Å². The van der Waals surface area contributed by atoms with Gasteiger partial charge in [-0.3, -0.25) is 14.5 Å². The second-order valence-electron chi connectivity index (χ2n) is 5.56. The summed E-state index contributed by atoms with van der Waals surface area (Å²) < 4.78 is 13.3. The van der Waals surface area contributed by atoms with E-state index in [9.17, 15) is 14.0 Å². The number of nitriles is 1. The molecule has 0 bridgehead atoms. The highest BCUT2D eigenvalue weighted by Gasteiger charge is 2.50. The lowest BCUT2D eigenvalue weighted by molar-refractivity contribution is -0.126. The number of imide groups is 1. The Labute approximate surface area is 116 Å². The number of carbonyl (C=O) groups excluding carboxylic acids is 2. The standard InChI is InChI=1S/C15H15FN2O2/c1-9(2)15(3)7-13(19)18(14(15)20)11-4-5-12(16)10(6-11)8-17/h4-6,9H,7H2,1-3H3. The Morgan fingerprint density at radius 1 is 1.40 bits per heavy atom.